The highest BCUT2D eigenvalue weighted by molar-refractivity contribution is 6.33. The Labute approximate surface area is 117 Å². The summed E-state index contributed by atoms with van der Waals surface area (Å²) in [7, 11) is 0. The standard InChI is InChI=1S/C14H18ClN3O/c15-12-8-16-18(9-10-6-7-10)14(19)13(12)17-11-4-2-1-3-5-11/h1-2,8,10-11,17H,3-7,9H2. The second-order valence-electron chi connectivity index (χ2n) is 5.42. The fraction of sp³-hybridized carbons (Fsp3) is 0.571. The summed E-state index contributed by atoms with van der Waals surface area (Å²) in [5.41, 5.74) is 0.423. The largest absolute Gasteiger partial charge is 0.376 e. The molecule has 0 aliphatic heterocycles. The molecule has 0 bridgehead atoms. The molecule has 19 heavy (non-hydrogen) atoms. The van der Waals surface area contributed by atoms with E-state index in [0.717, 1.165) is 25.8 Å². The lowest BCUT2D eigenvalue weighted by molar-refractivity contribution is 0.532. The Balaban J connectivity index is 1.81. The summed E-state index contributed by atoms with van der Waals surface area (Å²) in [6.45, 7) is 0.718. The molecule has 0 aromatic carbocycles. The summed E-state index contributed by atoms with van der Waals surface area (Å²) in [6.07, 6.45) is 11.3. The maximum Gasteiger partial charge on any atom is 0.291 e. The summed E-state index contributed by atoms with van der Waals surface area (Å²) in [5.74, 6) is 0.622. The van der Waals surface area contributed by atoms with Gasteiger partial charge >= 0.3 is 0 Å². The fourth-order valence-electron chi connectivity index (χ4n) is 2.40. The SMILES string of the molecule is O=c1c(NC2CC=CCC2)c(Cl)cnn1CC1CC1. The third kappa shape index (κ3) is 3.00. The highest BCUT2D eigenvalue weighted by atomic mass is 35.5. The van der Waals surface area contributed by atoms with Crippen LogP contribution in [0.1, 0.15) is 32.1 Å². The number of aromatic nitrogens is 2. The quantitative estimate of drug-likeness (QED) is 0.862. The number of nitrogens with one attached hydrogen (secondary N) is 1. The summed E-state index contributed by atoms with van der Waals surface area (Å²) >= 11 is 6.12. The van der Waals surface area contributed by atoms with Crippen molar-refractivity contribution in [3.63, 3.8) is 0 Å². The third-order valence-electron chi connectivity index (χ3n) is 3.74. The van der Waals surface area contributed by atoms with Crippen LogP contribution in [0.3, 0.4) is 0 Å². The first kappa shape index (κ1) is 12.7. The molecule has 1 aromatic rings. The topological polar surface area (TPSA) is 46.9 Å². The molecule has 1 N–H and O–H groups in total. The van der Waals surface area contributed by atoms with E-state index in [1.807, 2.05) is 0 Å². The van der Waals surface area contributed by atoms with Crippen LogP contribution in [0.2, 0.25) is 5.02 Å². The van der Waals surface area contributed by atoms with Crippen LogP contribution >= 0.6 is 11.6 Å². The predicted molar refractivity (Wildman–Crippen MR) is 76.6 cm³/mol. The molecular weight excluding hydrogens is 262 g/mol. The van der Waals surface area contributed by atoms with E-state index in [-0.39, 0.29) is 5.56 Å². The molecule has 0 saturated heterocycles. The van der Waals surface area contributed by atoms with E-state index < -0.39 is 0 Å². The minimum absolute atomic E-state index is 0.0889. The van der Waals surface area contributed by atoms with Crippen molar-refractivity contribution < 1.29 is 0 Å². The van der Waals surface area contributed by atoms with Gasteiger partial charge in [0.2, 0.25) is 0 Å². The van der Waals surface area contributed by atoms with Crippen molar-refractivity contribution in [2.45, 2.75) is 44.7 Å². The normalized spacial score (nSPS) is 22.5. The number of hydrogen-bond donors (Lipinski definition) is 1. The predicted octanol–water partition coefficient (Wildman–Crippen LogP) is 2.83. The van der Waals surface area contributed by atoms with Crippen molar-refractivity contribution in [1.29, 1.82) is 0 Å². The molecule has 1 fully saturated rings. The van der Waals surface area contributed by atoms with Crippen molar-refractivity contribution in [3.8, 4) is 0 Å². The Morgan fingerprint density at radius 1 is 1.37 bits per heavy atom. The van der Waals surface area contributed by atoms with E-state index in [1.165, 1.54) is 12.8 Å². The minimum Gasteiger partial charge on any atom is -0.376 e. The van der Waals surface area contributed by atoms with Crippen LogP contribution in [-0.4, -0.2) is 15.8 Å². The lowest BCUT2D eigenvalue weighted by Crippen LogP contribution is -2.30. The molecule has 5 heteroatoms. The number of rotatable bonds is 4. The van der Waals surface area contributed by atoms with Gasteiger partial charge in [-0.3, -0.25) is 4.79 Å². The third-order valence-corrected chi connectivity index (χ3v) is 4.03. The van der Waals surface area contributed by atoms with Crippen molar-refractivity contribution in [3.05, 3.63) is 33.7 Å². The Morgan fingerprint density at radius 3 is 2.89 bits per heavy atom. The molecule has 1 aromatic heterocycles. The molecule has 1 saturated carbocycles. The summed E-state index contributed by atoms with van der Waals surface area (Å²) in [4.78, 5) is 12.4. The molecule has 0 radical (unpaired) electrons. The molecule has 2 aliphatic carbocycles. The van der Waals surface area contributed by atoms with E-state index in [0.29, 0.717) is 22.7 Å². The van der Waals surface area contributed by atoms with E-state index in [9.17, 15) is 4.79 Å². The number of hydrogen-bond acceptors (Lipinski definition) is 3. The number of nitrogens with zero attached hydrogens (tertiary/aromatic N) is 2. The summed E-state index contributed by atoms with van der Waals surface area (Å²) in [6, 6.07) is 0.298. The van der Waals surface area contributed by atoms with Gasteiger partial charge in [0.1, 0.15) is 5.69 Å². The zero-order valence-corrected chi connectivity index (χ0v) is 11.6. The molecule has 102 valence electrons. The zero-order chi connectivity index (χ0) is 13.2. The van der Waals surface area contributed by atoms with E-state index >= 15 is 0 Å². The molecule has 1 atom stereocenters. The fourth-order valence-corrected chi connectivity index (χ4v) is 2.58. The van der Waals surface area contributed by atoms with Gasteiger partial charge in [-0.15, -0.1) is 0 Å². The summed E-state index contributed by atoms with van der Waals surface area (Å²) < 4.78 is 1.55. The zero-order valence-electron chi connectivity index (χ0n) is 10.8. The van der Waals surface area contributed by atoms with Crippen molar-refractivity contribution in [1.82, 2.24) is 9.78 Å². The lowest BCUT2D eigenvalue weighted by atomic mass is 10.0. The van der Waals surface area contributed by atoms with Crippen LogP contribution < -0.4 is 10.9 Å². The van der Waals surface area contributed by atoms with Crippen LogP contribution in [-0.2, 0) is 6.54 Å². The molecule has 1 unspecified atom stereocenters. The van der Waals surface area contributed by atoms with Gasteiger partial charge < -0.3 is 5.32 Å². The molecule has 4 nitrogen and oxygen atoms in total. The van der Waals surface area contributed by atoms with Gasteiger partial charge in [0.15, 0.2) is 0 Å². The Bertz CT molecular complexity index is 548. The maximum atomic E-state index is 12.4. The van der Waals surface area contributed by atoms with Crippen LogP contribution in [0.4, 0.5) is 5.69 Å². The second kappa shape index (κ2) is 5.37. The number of allylic oxidation sites excluding steroid dienone is 1. The first-order chi connectivity index (χ1) is 9.24. The van der Waals surface area contributed by atoms with E-state index in [1.54, 1.807) is 10.9 Å². The molecule has 0 spiro atoms. The molecule has 3 rings (SSSR count). The van der Waals surface area contributed by atoms with Gasteiger partial charge in [-0.05, 0) is 38.0 Å². The minimum atomic E-state index is -0.0889. The Morgan fingerprint density at radius 2 is 2.21 bits per heavy atom. The highest BCUT2D eigenvalue weighted by Gasteiger charge is 2.24. The second-order valence-corrected chi connectivity index (χ2v) is 5.83. The van der Waals surface area contributed by atoms with E-state index in [4.69, 9.17) is 11.6 Å². The van der Waals surface area contributed by atoms with Crippen LogP contribution in [0.25, 0.3) is 0 Å². The molecular formula is C14H18ClN3O. The van der Waals surface area contributed by atoms with Gasteiger partial charge in [-0.1, -0.05) is 23.8 Å². The molecule has 2 aliphatic rings. The van der Waals surface area contributed by atoms with Gasteiger partial charge in [0, 0.05) is 12.6 Å². The Hall–Kier alpha value is -1.29. The van der Waals surface area contributed by atoms with Gasteiger partial charge in [0.25, 0.3) is 5.56 Å². The monoisotopic (exact) mass is 279 g/mol. The van der Waals surface area contributed by atoms with Crippen molar-refractivity contribution in [2.24, 2.45) is 5.92 Å². The average Bonchev–Trinajstić information content (AvgIpc) is 3.23. The Kier molecular flexibility index (Phi) is 3.60. The maximum absolute atomic E-state index is 12.4. The van der Waals surface area contributed by atoms with Crippen LogP contribution in [0.15, 0.2) is 23.1 Å². The van der Waals surface area contributed by atoms with Crippen LogP contribution in [0, 0.1) is 5.92 Å². The lowest BCUT2D eigenvalue weighted by Gasteiger charge is -2.21. The van der Waals surface area contributed by atoms with Crippen LogP contribution in [0.5, 0.6) is 0 Å². The summed E-state index contributed by atoms with van der Waals surface area (Å²) in [5, 5.41) is 7.85. The smallest absolute Gasteiger partial charge is 0.291 e. The number of anilines is 1. The molecule has 0 amide bonds. The molecule has 1 heterocycles. The average molecular weight is 280 g/mol. The van der Waals surface area contributed by atoms with Crippen molar-refractivity contribution >= 4 is 17.3 Å². The first-order valence-corrected chi connectivity index (χ1v) is 7.29. The van der Waals surface area contributed by atoms with Crippen molar-refractivity contribution in [2.75, 3.05) is 5.32 Å². The first-order valence-electron chi connectivity index (χ1n) is 6.91. The number of halogens is 1. The van der Waals surface area contributed by atoms with Gasteiger partial charge in [-0.25, -0.2) is 4.68 Å². The van der Waals surface area contributed by atoms with Gasteiger partial charge in [0.05, 0.1) is 11.2 Å². The van der Waals surface area contributed by atoms with Gasteiger partial charge in [-0.2, -0.15) is 5.10 Å². The highest BCUT2D eigenvalue weighted by Crippen LogP contribution is 2.30. The van der Waals surface area contributed by atoms with E-state index in [2.05, 4.69) is 22.6 Å².